The van der Waals surface area contributed by atoms with Gasteiger partial charge < -0.3 is 5.11 Å². The largest absolute Gasteiger partial charge is 0.396 e. The molecule has 2 nitrogen and oxygen atoms in total. The Morgan fingerprint density at radius 2 is 2.18 bits per heavy atom. The van der Waals surface area contributed by atoms with Crippen LogP contribution in [0.3, 0.4) is 0 Å². The van der Waals surface area contributed by atoms with E-state index < -0.39 is 0 Å². The van der Waals surface area contributed by atoms with Gasteiger partial charge in [0.15, 0.2) is 0 Å². The Morgan fingerprint density at radius 1 is 1.55 bits per heavy atom. The van der Waals surface area contributed by atoms with Crippen LogP contribution in [0.4, 0.5) is 0 Å². The summed E-state index contributed by atoms with van der Waals surface area (Å²) in [6.07, 6.45) is 1.16. The first-order valence-electron chi connectivity index (χ1n) is 4.51. The summed E-state index contributed by atoms with van der Waals surface area (Å²) < 4.78 is 0. The summed E-state index contributed by atoms with van der Waals surface area (Å²) in [6.45, 7) is 8.12. The first-order chi connectivity index (χ1) is 5.15. The minimum Gasteiger partial charge on any atom is -0.396 e. The lowest BCUT2D eigenvalue weighted by Crippen LogP contribution is -2.33. The highest BCUT2D eigenvalue weighted by molar-refractivity contribution is 4.83. The lowest BCUT2D eigenvalue weighted by molar-refractivity contribution is 0.193. The molecule has 1 saturated heterocycles. The number of aliphatic hydroxyl groups excluding tert-OH is 1. The Bertz CT molecular complexity index is 125. The fourth-order valence-electron chi connectivity index (χ4n) is 2.02. The molecule has 1 N–H and O–H groups in total. The lowest BCUT2D eigenvalue weighted by atomic mass is 10.1. The summed E-state index contributed by atoms with van der Waals surface area (Å²) in [4.78, 5) is 2.46. The van der Waals surface area contributed by atoms with Crippen LogP contribution in [0.5, 0.6) is 0 Å². The molecule has 1 heterocycles. The number of aliphatic hydroxyl groups is 1. The maximum atomic E-state index is 8.96. The van der Waals surface area contributed by atoms with Crippen molar-refractivity contribution >= 4 is 0 Å². The Morgan fingerprint density at radius 3 is 2.45 bits per heavy atom. The fourth-order valence-corrected chi connectivity index (χ4v) is 2.02. The van der Waals surface area contributed by atoms with Crippen molar-refractivity contribution in [3.63, 3.8) is 0 Å². The summed E-state index contributed by atoms with van der Waals surface area (Å²) >= 11 is 0. The van der Waals surface area contributed by atoms with Gasteiger partial charge >= 0.3 is 0 Å². The van der Waals surface area contributed by atoms with Gasteiger partial charge in [-0.3, -0.25) is 4.90 Å². The second-order valence-electron chi connectivity index (χ2n) is 3.92. The molecular weight excluding hydrogens is 138 g/mol. The molecule has 0 aromatic rings. The first kappa shape index (κ1) is 9.01. The van der Waals surface area contributed by atoms with Gasteiger partial charge in [-0.1, -0.05) is 0 Å². The second kappa shape index (κ2) is 3.55. The van der Waals surface area contributed by atoms with Crippen LogP contribution in [-0.2, 0) is 0 Å². The smallest absolute Gasteiger partial charge is 0.0472 e. The molecule has 1 aliphatic rings. The third-order valence-electron chi connectivity index (χ3n) is 2.63. The number of hydrogen-bond donors (Lipinski definition) is 1. The van der Waals surface area contributed by atoms with E-state index in [4.69, 9.17) is 5.11 Å². The molecule has 0 aromatic heterocycles. The Kier molecular flexibility index (Phi) is 2.90. The molecule has 1 rings (SSSR count). The molecule has 0 aromatic carbocycles. The van der Waals surface area contributed by atoms with Crippen molar-refractivity contribution in [3.05, 3.63) is 0 Å². The summed E-state index contributed by atoms with van der Waals surface area (Å²) in [5, 5.41) is 8.96. The van der Waals surface area contributed by atoms with Crippen LogP contribution in [0.1, 0.15) is 27.2 Å². The zero-order valence-electron chi connectivity index (χ0n) is 7.75. The third-order valence-corrected chi connectivity index (χ3v) is 2.63. The molecule has 0 radical (unpaired) electrons. The van der Waals surface area contributed by atoms with E-state index in [0.717, 1.165) is 13.0 Å². The molecule has 2 atom stereocenters. The molecular formula is C9H19NO. The van der Waals surface area contributed by atoms with E-state index >= 15 is 0 Å². The van der Waals surface area contributed by atoms with Crippen molar-refractivity contribution < 1.29 is 5.11 Å². The zero-order valence-corrected chi connectivity index (χ0v) is 7.75. The summed E-state index contributed by atoms with van der Waals surface area (Å²) in [5.41, 5.74) is 0. The average Bonchev–Trinajstić information content (AvgIpc) is 2.30. The van der Waals surface area contributed by atoms with Gasteiger partial charge in [-0.05, 0) is 33.1 Å². The van der Waals surface area contributed by atoms with E-state index in [1.165, 1.54) is 0 Å². The molecule has 1 aliphatic heterocycles. The quantitative estimate of drug-likeness (QED) is 0.649. The Labute approximate surface area is 69.2 Å². The molecule has 0 amide bonds. The topological polar surface area (TPSA) is 23.5 Å². The van der Waals surface area contributed by atoms with Crippen LogP contribution >= 0.6 is 0 Å². The number of likely N-dealkylation sites (tertiary alicyclic amines) is 1. The highest BCUT2D eigenvalue weighted by Crippen LogP contribution is 2.24. The average molecular weight is 157 g/mol. The number of nitrogens with zero attached hydrogens (tertiary/aromatic N) is 1. The monoisotopic (exact) mass is 157 g/mol. The minimum absolute atomic E-state index is 0.355. The van der Waals surface area contributed by atoms with Gasteiger partial charge in [0.1, 0.15) is 0 Å². The van der Waals surface area contributed by atoms with Crippen LogP contribution in [0.15, 0.2) is 0 Å². The molecule has 2 unspecified atom stereocenters. The molecule has 0 bridgehead atoms. The van der Waals surface area contributed by atoms with E-state index in [-0.39, 0.29) is 0 Å². The highest BCUT2D eigenvalue weighted by Gasteiger charge is 2.29. The number of hydrogen-bond acceptors (Lipinski definition) is 2. The maximum Gasteiger partial charge on any atom is 0.0472 e. The summed E-state index contributed by atoms with van der Waals surface area (Å²) in [5.74, 6) is 0.521. The maximum absolute atomic E-state index is 8.96. The molecule has 1 fully saturated rings. The van der Waals surface area contributed by atoms with Crippen molar-refractivity contribution in [1.29, 1.82) is 0 Å². The normalized spacial score (nSPS) is 33.5. The van der Waals surface area contributed by atoms with Crippen molar-refractivity contribution in [3.8, 4) is 0 Å². The lowest BCUT2D eigenvalue weighted by Gasteiger charge is -2.25. The molecule has 0 spiro atoms. The Hall–Kier alpha value is -0.0800. The van der Waals surface area contributed by atoms with Crippen LogP contribution in [-0.4, -0.2) is 35.2 Å². The van der Waals surface area contributed by atoms with E-state index in [0.29, 0.717) is 24.6 Å². The van der Waals surface area contributed by atoms with Gasteiger partial charge in [0.25, 0.3) is 0 Å². The highest BCUT2D eigenvalue weighted by atomic mass is 16.3. The van der Waals surface area contributed by atoms with E-state index in [1.54, 1.807) is 0 Å². The van der Waals surface area contributed by atoms with Gasteiger partial charge in [-0.2, -0.15) is 0 Å². The molecule has 0 aliphatic carbocycles. The van der Waals surface area contributed by atoms with Crippen molar-refractivity contribution in [2.75, 3.05) is 13.2 Å². The third kappa shape index (κ3) is 1.94. The van der Waals surface area contributed by atoms with Gasteiger partial charge in [0, 0.05) is 25.2 Å². The first-order valence-corrected chi connectivity index (χ1v) is 4.51. The zero-order chi connectivity index (χ0) is 8.43. The van der Waals surface area contributed by atoms with Gasteiger partial charge in [-0.25, -0.2) is 0 Å². The molecule has 11 heavy (non-hydrogen) atoms. The molecule has 2 heteroatoms. The van der Waals surface area contributed by atoms with Gasteiger partial charge in [-0.15, -0.1) is 0 Å². The van der Waals surface area contributed by atoms with Crippen molar-refractivity contribution in [2.45, 2.75) is 39.3 Å². The predicted octanol–water partition coefficient (Wildman–Crippen LogP) is 1.10. The Balaban J connectivity index is 2.45. The van der Waals surface area contributed by atoms with Gasteiger partial charge in [0.2, 0.25) is 0 Å². The minimum atomic E-state index is 0.355. The van der Waals surface area contributed by atoms with Crippen LogP contribution in [0.2, 0.25) is 0 Å². The van der Waals surface area contributed by atoms with Crippen LogP contribution in [0, 0.1) is 5.92 Å². The van der Waals surface area contributed by atoms with Crippen LogP contribution in [0.25, 0.3) is 0 Å². The van der Waals surface area contributed by atoms with E-state index in [2.05, 4.69) is 25.7 Å². The summed E-state index contributed by atoms with van der Waals surface area (Å²) in [6, 6.07) is 1.29. The predicted molar refractivity (Wildman–Crippen MR) is 46.5 cm³/mol. The number of rotatable bonds is 2. The van der Waals surface area contributed by atoms with E-state index in [1.807, 2.05) is 0 Å². The SMILES string of the molecule is CC(C)N1CC(CO)CC1C. The summed E-state index contributed by atoms with van der Waals surface area (Å²) in [7, 11) is 0. The van der Waals surface area contributed by atoms with Crippen LogP contribution < -0.4 is 0 Å². The second-order valence-corrected chi connectivity index (χ2v) is 3.92. The van der Waals surface area contributed by atoms with Crippen molar-refractivity contribution in [1.82, 2.24) is 4.90 Å². The van der Waals surface area contributed by atoms with E-state index in [9.17, 15) is 0 Å². The standard InChI is InChI=1S/C9H19NO/c1-7(2)10-5-9(6-11)4-8(10)3/h7-9,11H,4-6H2,1-3H3. The van der Waals surface area contributed by atoms with Gasteiger partial charge in [0.05, 0.1) is 0 Å². The molecule has 0 saturated carbocycles. The molecule has 66 valence electrons. The fraction of sp³-hybridized carbons (Fsp3) is 1.00. The van der Waals surface area contributed by atoms with Crippen molar-refractivity contribution in [2.24, 2.45) is 5.92 Å².